The van der Waals surface area contributed by atoms with E-state index in [1.807, 2.05) is 24.1 Å². The van der Waals surface area contributed by atoms with Gasteiger partial charge in [-0.15, -0.1) is 0 Å². The van der Waals surface area contributed by atoms with Crippen molar-refractivity contribution in [3.63, 3.8) is 0 Å². The van der Waals surface area contributed by atoms with Crippen LogP contribution in [-0.4, -0.2) is 44.6 Å². The van der Waals surface area contributed by atoms with Crippen LogP contribution in [0.4, 0.5) is 0 Å². The molecule has 0 saturated carbocycles. The van der Waals surface area contributed by atoms with E-state index in [0.717, 1.165) is 51.1 Å². The van der Waals surface area contributed by atoms with Crippen LogP contribution in [-0.2, 0) is 11.2 Å². The first kappa shape index (κ1) is 15.8. The molecule has 0 radical (unpaired) electrons. The molecule has 1 saturated heterocycles. The molecule has 0 spiro atoms. The molecule has 2 rings (SSSR count). The Labute approximate surface area is 127 Å². The fourth-order valence-corrected chi connectivity index (χ4v) is 2.80. The highest BCUT2D eigenvalue weighted by Crippen LogP contribution is 2.16. The minimum atomic E-state index is 0.220. The highest BCUT2D eigenvalue weighted by atomic mass is 16.5. The van der Waals surface area contributed by atoms with E-state index in [0.29, 0.717) is 5.91 Å². The Bertz CT molecular complexity index is 439. The number of piperidine rings is 1. The van der Waals surface area contributed by atoms with Crippen LogP contribution in [0.15, 0.2) is 24.3 Å². The summed E-state index contributed by atoms with van der Waals surface area (Å²) in [6.07, 6.45) is 3.94. The largest absolute Gasteiger partial charge is 0.497 e. The summed E-state index contributed by atoms with van der Waals surface area (Å²) >= 11 is 0. The van der Waals surface area contributed by atoms with Crippen LogP contribution >= 0.6 is 0 Å². The number of ether oxygens (including phenoxy) is 1. The first-order valence-electron chi connectivity index (χ1n) is 7.79. The van der Waals surface area contributed by atoms with Gasteiger partial charge in [0.15, 0.2) is 0 Å². The van der Waals surface area contributed by atoms with Crippen molar-refractivity contribution in [2.45, 2.75) is 25.7 Å². The molecule has 0 aromatic heterocycles. The molecule has 1 amide bonds. The van der Waals surface area contributed by atoms with Gasteiger partial charge in [-0.2, -0.15) is 0 Å². The average Bonchev–Trinajstić information content (AvgIpc) is 2.55. The van der Waals surface area contributed by atoms with E-state index in [4.69, 9.17) is 4.74 Å². The van der Waals surface area contributed by atoms with Crippen LogP contribution in [0.2, 0.25) is 0 Å². The summed E-state index contributed by atoms with van der Waals surface area (Å²) in [7, 11) is 3.61. The van der Waals surface area contributed by atoms with Gasteiger partial charge < -0.3 is 15.0 Å². The number of carbonyl (C=O) groups is 1. The summed E-state index contributed by atoms with van der Waals surface area (Å²) < 4.78 is 5.15. The molecular weight excluding hydrogens is 264 g/mol. The second kappa shape index (κ2) is 8.03. The smallest absolute Gasteiger partial charge is 0.225 e. The quantitative estimate of drug-likeness (QED) is 0.872. The molecule has 0 bridgehead atoms. The van der Waals surface area contributed by atoms with Crippen molar-refractivity contribution in [1.29, 1.82) is 0 Å². The third-order valence-electron chi connectivity index (χ3n) is 4.18. The monoisotopic (exact) mass is 290 g/mol. The van der Waals surface area contributed by atoms with Crippen LogP contribution in [0.1, 0.15) is 24.8 Å². The molecule has 116 valence electrons. The summed E-state index contributed by atoms with van der Waals surface area (Å²) in [5.74, 6) is 1.42. The number of carbonyl (C=O) groups excluding carboxylic acids is 1. The molecule has 1 fully saturated rings. The van der Waals surface area contributed by atoms with Gasteiger partial charge in [0, 0.05) is 19.5 Å². The van der Waals surface area contributed by atoms with E-state index in [1.54, 1.807) is 7.11 Å². The van der Waals surface area contributed by atoms with E-state index in [1.165, 1.54) is 5.56 Å². The van der Waals surface area contributed by atoms with Crippen LogP contribution in [0.5, 0.6) is 5.75 Å². The van der Waals surface area contributed by atoms with Crippen LogP contribution in [0.3, 0.4) is 0 Å². The molecule has 4 nitrogen and oxygen atoms in total. The van der Waals surface area contributed by atoms with Gasteiger partial charge in [-0.05, 0) is 56.5 Å². The minimum absolute atomic E-state index is 0.220. The predicted octanol–water partition coefficient (Wildman–Crippen LogP) is 2.09. The normalized spacial score (nSPS) is 15.7. The Hall–Kier alpha value is -1.55. The molecule has 1 aliphatic rings. The lowest BCUT2D eigenvalue weighted by Gasteiger charge is -2.27. The van der Waals surface area contributed by atoms with Gasteiger partial charge in [-0.25, -0.2) is 0 Å². The van der Waals surface area contributed by atoms with Crippen molar-refractivity contribution >= 4 is 5.91 Å². The van der Waals surface area contributed by atoms with Gasteiger partial charge in [0.05, 0.1) is 7.11 Å². The highest BCUT2D eigenvalue weighted by molar-refractivity contribution is 5.78. The van der Waals surface area contributed by atoms with Crippen LogP contribution in [0, 0.1) is 5.92 Å². The zero-order valence-corrected chi connectivity index (χ0v) is 13.1. The summed E-state index contributed by atoms with van der Waals surface area (Å²) in [4.78, 5) is 14.2. The third-order valence-corrected chi connectivity index (χ3v) is 4.18. The minimum Gasteiger partial charge on any atom is -0.497 e. The second-order valence-electron chi connectivity index (χ2n) is 5.74. The van der Waals surface area contributed by atoms with E-state index in [2.05, 4.69) is 17.4 Å². The molecule has 1 aromatic carbocycles. The van der Waals surface area contributed by atoms with Crippen molar-refractivity contribution in [2.75, 3.05) is 33.8 Å². The maximum Gasteiger partial charge on any atom is 0.225 e. The third kappa shape index (κ3) is 4.74. The van der Waals surface area contributed by atoms with E-state index in [9.17, 15) is 4.79 Å². The summed E-state index contributed by atoms with van der Waals surface area (Å²) in [6, 6.07) is 8.15. The number of hydrogen-bond acceptors (Lipinski definition) is 3. The highest BCUT2D eigenvalue weighted by Gasteiger charge is 2.23. The first-order valence-corrected chi connectivity index (χ1v) is 7.79. The Morgan fingerprint density at radius 1 is 1.29 bits per heavy atom. The number of aryl methyl sites for hydroxylation is 1. The topological polar surface area (TPSA) is 41.6 Å². The molecule has 1 heterocycles. The van der Waals surface area contributed by atoms with Crippen molar-refractivity contribution in [3.05, 3.63) is 29.8 Å². The summed E-state index contributed by atoms with van der Waals surface area (Å²) in [5, 5.41) is 3.30. The lowest BCUT2D eigenvalue weighted by molar-refractivity contribution is -0.135. The first-order chi connectivity index (χ1) is 10.2. The Kier molecular flexibility index (Phi) is 6.05. The molecule has 21 heavy (non-hydrogen) atoms. The number of amides is 1. The van der Waals surface area contributed by atoms with E-state index >= 15 is 0 Å². The number of rotatable bonds is 6. The molecule has 0 unspecified atom stereocenters. The Morgan fingerprint density at radius 3 is 2.57 bits per heavy atom. The Morgan fingerprint density at radius 2 is 1.95 bits per heavy atom. The zero-order chi connectivity index (χ0) is 15.1. The van der Waals surface area contributed by atoms with Gasteiger partial charge >= 0.3 is 0 Å². The SMILES string of the molecule is COc1ccc(CCCN(C)C(=O)C2CCNCC2)cc1. The van der Waals surface area contributed by atoms with Crippen molar-refractivity contribution < 1.29 is 9.53 Å². The molecule has 1 aromatic rings. The van der Waals surface area contributed by atoms with Gasteiger partial charge in [0.1, 0.15) is 5.75 Å². The van der Waals surface area contributed by atoms with Crippen LogP contribution < -0.4 is 10.1 Å². The summed E-state index contributed by atoms with van der Waals surface area (Å²) in [6.45, 7) is 2.76. The van der Waals surface area contributed by atoms with Gasteiger partial charge in [0.25, 0.3) is 0 Å². The zero-order valence-electron chi connectivity index (χ0n) is 13.1. The van der Waals surface area contributed by atoms with Crippen molar-refractivity contribution in [3.8, 4) is 5.75 Å². The number of benzene rings is 1. The number of hydrogen-bond donors (Lipinski definition) is 1. The number of nitrogens with one attached hydrogen (secondary N) is 1. The fraction of sp³-hybridized carbons (Fsp3) is 0.588. The van der Waals surface area contributed by atoms with Crippen molar-refractivity contribution in [2.24, 2.45) is 5.92 Å². The lowest BCUT2D eigenvalue weighted by Crippen LogP contribution is -2.39. The van der Waals surface area contributed by atoms with Gasteiger partial charge in [-0.3, -0.25) is 4.79 Å². The average molecular weight is 290 g/mol. The molecule has 0 aliphatic carbocycles. The maximum absolute atomic E-state index is 12.3. The maximum atomic E-state index is 12.3. The van der Waals surface area contributed by atoms with E-state index < -0.39 is 0 Å². The lowest BCUT2D eigenvalue weighted by atomic mass is 9.96. The molecular formula is C17H26N2O2. The van der Waals surface area contributed by atoms with Crippen LogP contribution in [0.25, 0.3) is 0 Å². The molecule has 4 heteroatoms. The number of methoxy groups -OCH3 is 1. The molecule has 1 N–H and O–H groups in total. The molecule has 1 aliphatic heterocycles. The predicted molar refractivity (Wildman–Crippen MR) is 84.5 cm³/mol. The van der Waals surface area contributed by atoms with Crippen molar-refractivity contribution in [1.82, 2.24) is 10.2 Å². The Balaban J connectivity index is 1.72. The summed E-state index contributed by atoms with van der Waals surface area (Å²) in [5.41, 5.74) is 1.29. The molecule has 0 atom stereocenters. The fourth-order valence-electron chi connectivity index (χ4n) is 2.80. The second-order valence-corrected chi connectivity index (χ2v) is 5.74. The standard InChI is InChI=1S/C17H26N2O2/c1-19(17(20)15-9-11-18-12-10-15)13-3-4-14-5-7-16(21-2)8-6-14/h5-8,15,18H,3-4,9-13H2,1-2H3. The number of nitrogens with zero attached hydrogens (tertiary/aromatic N) is 1. The van der Waals surface area contributed by atoms with E-state index in [-0.39, 0.29) is 5.92 Å². The van der Waals surface area contributed by atoms with Gasteiger partial charge in [0.2, 0.25) is 5.91 Å². The van der Waals surface area contributed by atoms with Gasteiger partial charge in [-0.1, -0.05) is 12.1 Å².